The number of amides is 2. The van der Waals surface area contributed by atoms with Crippen LogP contribution in [-0.2, 0) is 6.54 Å². The van der Waals surface area contributed by atoms with E-state index in [9.17, 15) is 4.79 Å². The molecule has 0 radical (unpaired) electrons. The van der Waals surface area contributed by atoms with Crippen molar-refractivity contribution in [2.75, 3.05) is 13.7 Å². The fraction of sp³-hybridized carbons (Fsp3) is 0.375. The highest BCUT2D eigenvalue weighted by molar-refractivity contribution is 7.10. The van der Waals surface area contributed by atoms with Gasteiger partial charge in [-0.05, 0) is 30.4 Å². The Morgan fingerprint density at radius 3 is 3.18 bits per heavy atom. The number of urea groups is 1. The normalized spacial score (nSPS) is 17.5. The van der Waals surface area contributed by atoms with Crippen LogP contribution < -0.4 is 10.1 Å². The first-order valence-electron chi connectivity index (χ1n) is 7.35. The first-order chi connectivity index (χ1) is 10.8. The zero-order valence-electron chi connectivity index (χ0n) is 12.5. The summed E-state index contributed by atoms with van der Waals surface area (Å²) in [5.74, 6) is 0.555. The van der Waals surface area contributed by atoms with Crippen LogP contribution in [0.25, 0.3) is 0 Å². The predicted octanol–water partition coefficient (Wildman–Crippen LogP) is 3.20. The molecule has 1 aliphatic heterocycles. The highest BCUT2D eigenvalue weighted by atomic mass is 32.1. The number of carbonyl (C=O) groups is 1. The number of hydrogen-bond donors (Lipinski definition) is 1. The Bertz CT molecular complexity index is 630. The molecule has 1 atom stereocenters. The van der Waals surface area contributed by atoms with E-state index < -0.39 is 0 Å². The number of hydrogen-bond acceptors (Lipinski definition) is 4. The molecule has 0 spiro atoms. The van der Waals surface area contributed by atoms with Gasteiger partial charge in [-0.15, -0.1) is 11.3 Å². The standard InChI is InChI=1S/C16H19N3O2S/c1-21-15-12(5-2-8-17-15)11-18-16(20)19-9-3-6-13(19)14-7-4-10-22-14/h2,4-5,7-8,10,13H,3,6,9,11H2,1H3,(H,18,20)/t13-/m0/s1. The Labute approximate surface area is 133 Å². The van der Waals surface area contributed by atoms with E-state index in [4.69, 9.17) is 4.74 Å². The third-order valence-electron chi connectivity index (χ3n) is 3.86. The number of pyridine rings is 1. The van der Waals surface area contributed by atoms with Crippen LogP contribution in [0.4, 0.5) is 4.79 Å². The van der Waals surface area contributed by atoms with Gasteiger partial charge in [-0.25, -0.2) is 9.78 Å². The van der Waals surface area contributed by atoms with Crippen LogP contribution in [0.5, 0.6) is 5.88 Å². The number of rotatable bonds is 4. The lowest BCUT2D eigenvalue weighted by Gasteiger charge is -2.24. The van der Waals surface area contributed by atoms with Crippen molar-refractivity contribution in [2.24, 2.45) is 0 Å². The summed E-state index contributed by atoms with van der Waals surface area (Å²) in [5, 5.41) is 5.04. The molecule has 2 aromatic rings. The van der Waals surface area contributed by atoms with Gasteiger partial charge in [-0.3, -0.25) is 0 Å². The molecule has 2 amide bonds. The quantitative estimate of drug-likeness (QED) is 0.942. The van der Waals surface area contributed by atoms with Crippen molar-refractivity contribution >= 4 is 17.4 Å². The average molecular weight is 317 g/mol. The summed E-state index contributed by atoms with van der Waals surface area (Å²) in [7, 11) is 1.58. The Balaban J connectivity index is 1.64. The topological polar surface area (TPSA) is 54.5 Å². The van der Waals surface area contributed by atoms with E-state index in [1.54, 1.807) is 24.6 Å². The van der Waals surface area contributed by atoms with Gasteiger partial charge in [-0.1, -0.05) is 12.1 Å². The van der Waals surface area contributed by atoms with E-state index in [0.29, 0.717) is 12.4 Å². The summed E-state index contributed by atoms with van der Waals surface area (Å²) in [5.41, 5.74) is 0.880. The van der Waals surface area contributed by atoms with Crippen molar-refractivity contribution in [1.82, 2.24) is 15.2 Å². The Morgan fingerprint density at radius 1 is 1.50 bits per heavy atom. The molecule has 6 heteroatoms. The van der Waals surface area contributed by atoms with Gasteiger partial charge >= 0.3 is 6.03 Å². The summed E-state index contributed by atoms with van der Waals surface area (Å²) >= 11 is 1.71. The fourth-order valence-electron chi connectivity index (χ4n) is 2.80. The number of nitrogens with zero attached hydrogens (tertiary/aromatic N) is 2. The lowest BCUT2D eigenvalue weighted by molar-refractivity contribution is 0.193. The summed E-state index contributed by atoms with van der Waals surface area (Å²) in [6, 6.07) is 8.07. The molecule has 1 N–H and O–H groups in total. The Hall–Kier alpha value is -2.08. The SMILES string of the molecule is COc1ncccc1CNC(=O)N1CCC[C@H]1c1cccs1. The number of aromatic nitrogens is 1. The van der Waals surface area contributed by atoms with Gasteiger partial charge in [0, 0.05) is 29.7 Å². The van der Waals surface area contributed by atoms with E-state index in [0.717, 1.165) is 24.9 Å². The smallest absolute Gasteiger partial charge is 0.318 e. The molecule has 0 bridgehead atoms. The molecule has 1 aliphatic rings. The molecule has 5 nitrogen and oxygen atoms in total. The number of methoxy groups -OCH3 is 1. The first-order valence-corrected chi connectivity index (χ1v) is 8.23. The number of thiophene rings is 1. The van der Waals surface area contributed by atoms with Crippen LogP contribution >= 0.6 is 11.3 Å². The van der Waals surface area contributed by atoms with Crippen LogP contribution in [0.2, 0.25) is 0 Å². The Morgan fingerprint density at radius 2 is 2.41 bits per heavy atom. The molecule has 3 rings (SSSR count). The number of nitrogens with one attached hydrogen (secondary N) is 1. The first kappa shape index (κ1) is 14.8. The largest absolute Gasteiger partial charge is 0.481 e. The van der Waals surface area contributed by atoms with Gasteiger partial charge in [0.2, 0.25) is 5.88 Å². The van der Waals surface area contributed by atoms with Crippen LogP contribution in [0.3, 0.4) is 0 Å². The second kappa shape index (κ2) is 6.79. The van der Waals surface area contributed by atoms with E-state index in [1.807, 2.05) is 23.1 Å². The van der Waals surface area contributed by atoms with Crippen LogP contribution in [0.15, 0.2) is 35.8 Å². The fourth-order valence-corrected chi connectivity index (χ4v) is 3.67. The zero-order valence-corrected chi connectivity index (χ0v) is 13.3. The number of carbonyl (C=O) groups excluding carboxylic acids is 1. The molecule has 2 aromatic heterocycles. The van der Waals surface area contributed by atoms with E-state index in [1.165, 1.54) is 4.88 Å². The van der Waals surface area contributed by atoms with Gasteiger partial charge in [-0.2, -0.15) is 0 Å². The molecule has 3 heterocycles. The van der Waals surface area contributed by atoms with E-state index >= 15 is 0 Å². The highest BCUT2D eigenvalue weighted by Gasteiger charge is 2.30. The van der Waals surface area contributed by atoms with Crippen molar-refractivity contribution in [3.63, 3.8) is 0 Å². The molecular formula is C16H19N3O2S. The lowest BCUT2D eigenvalue weighted by atomic mass is 10.2. The average Bonchev–Trinajstić information content (AvgIpc) is 3.23. The maximum Gasteiger partial charge on any atom is 0.318 e. The van der Waals surface area contributed by atoms with Gasteiger partial charge < -0.3 is 15.0 Å². The maximum absolute atomic E-state index is 12.5. The van der Waals surface area contributed by atoms with Crippen LogP contribution in [0.1, 0.15) is 29.3 Å². The number of likely N-dealkylation sites (tertiary alicyclic amines) is 1. The predicted molar refractivity (Wildman–Crippen MR) is 86.0 cm³/mol. The lowest BCUT2D eigenvalue weighted by Crippen LogP contribution is -2.39. The molecule has 1 fully saturated rings. The minimum Gasteiger partial charge on any atom is -0.481 e. The molecule has 1 saturated heterocycles. The van der Waals surface area contributed by atoms with Gasteiger partial charge in [0.1, 0.15) is 0 Å². The second-order valence-corrected chi connectivity index (χ2v) is 6.18. The molecule has 22 heavy (non-hydrogen) atoms. The van der Waals surface area contributed by atoms with Crippen molar-refractivity contribution < 1.29 is 9.53 Å². The summed E-state index contributed by atoms with van der Waals surface area (Å²) < 4.78 is 5.21. The van der Waals surface area contributed by atoms with E-state index in [-0.39, 0.29) is 12.1 Å². The Kier molecular flexibility index (Phi) is 4.58. The zero-order chi connectivity index (χ0) is 15.4. The summed E-state index contributed by atoms with van der Waals surface area (Å²) in [6.07, 6.45) is 3.76. The summed E-state index contributed by atoms with van der Waals surface area (Å²) in [4.78, 5) is 19.8. The third-order valence-corrected chi connectivity index (χ3v) is 4.83. The maximum atomic E-state index is 12.5. The molecule has 0 saturated carbocycles. The van der Waals surface area contributed by atoms with Gasteiger partial charge in [0.25, 0.3) is 0 Å². The molecule has 0 aliphatic carbocycles. The van der Waals surface area contributed by atoms with Crippen LogP contribution in [0, 0.1) is 0 Å². The molecule has 0 unspecified atom stereocenters. The third kappa shape index (κ3) is 3.06. The molecular weight excluding hydrogens is 298 g/mol. The minimum absolute atomic E-state index is 0.0261. The highest BCUT2D eigenvalue weighted by Crippen LogP contribution is 2.34. The van der Waals surface area contributed by atoms with Gasteiger partial charge in [0.05, 0.1) is 13.2 Å². The second-order valence-electron chi connectivity index (χ2n) is 5.20. The minimum atomic E-state index is -0.0261. The van der Waals surface area contributed by atoms with Crippen molar-refractivity contribution in [3.8, 4) is 5.88 Å². The van der Waals surface area contributed by atoms with Crippen LogP contribution in [-0.4, -0.2) is 29.6 Å². The molecule has 0 aromatic carbocycles. The summed E-state index contributed by atoms with van der Waals surface area (Å²) in [6.45, 7) is 1.22. The van der Waals surface area contributed by atoms with Gasteiger partial charge in [0.15, 0.2) is 0 Å². The van der Waals surface area contributed by atoms with Crippen molar-refractivity contribution in [1.29, 1.82) is 0 Å². The van der Waals surface area contributed by atoms with Crippen molar-refractivity contribution in [3.05, 3.63) is 46.3 Å². The van der Waals surface area contributed by atoms with Crippen molar-refractivity contribution in [2.45, 2.75) is 25.4 Å². The van der Waals surface area contributed by atoms with E-state index in [2.05, 4.69) is 21.7 Å². The monoisotopic (exact) mass is 317 g/mol. The number of ether oxygens (including phenoxy) is 1. The molecule has 116 valence electrons.